The largest absolute Gasteiger partial charge is 0.394 e. The van der Waals surface area contributed by atoms with Gasteiger partial charge in [-0.25, -0.2) is 0 Å². The zero-order valence-corrected chi connectivity index (χ0v) is 7.20. The molecule has 2 saturated carbocycles. The van der Waals surface area contributed by atoms with Gasteiger partial charge in [-0.3, -0.25) is 4.79 Å². The monoisotopic (exact) mass is 172 g/mol. The Hall–Kier alpha value is -0.410. The quantitative estimate of drug-likeness (QED) is 0.600. The minimum Gasteiger partial charge on any atom is -0.394 e. The van der Waals surface area contributed by atoms with Gasteiger partial charge in [-0.1, -0.05) is 0 Å². The number of Topliss-reactive ketones (excluding diaryl/α,β-unsaturated/α-hetero) is 1. The minimum atomic E-state index is -0.125. The number of hydrogen-bond donors (Lipinski definition) is 2. The Morgan fingerprint density at radius 1 is 1.25 bits per heavy atom. The van der Waals surface area contributed by atoms with Gasteiger partial charge in [0.25, 0.3) is 0 Å². The Morgan fingerprint density at radius 3 is 2.08 bits per heavy atom. The number of carbonyl (C=O) groups is 1. The summed E-state index contributed by atoms with van der Waals surface area (Å²) in [5.41, 5.74) is 0. The van der Waals surface area contributed by atoms with Crippen LogP contribution in [0.25, 0.3) is 0 Å². The summed E-state index contributed by atoms with van der Waals surface area (Å²) < 4.78 is 0. The van der Waals surface area contributed by atoms with Crippen LogP contribution in [0.1, 0.15) is 25.7 Å². The van der Waals surface area contributed by atoms with E-state index in [4.69, 9.17) is 10.2 Å². The predicted molar refractivity (Wildman–Crippen MR) is 44.6 cm³/mol. The molecule has 2 aliphatic carbocycles. The molecule has 0 saturated heterocycles. The Labute approximate surface area is 72.4 Å². The molecule has 0 aliphatic heterocycles. The summed E-state index contributed by atoms with van der Waals surface area (Å²) in [6.07, 6.45) is 4.66. The molecule has 0 radical (unpaired) electrons. The summed E-state index contributed by atoms with van der Waals surface area (Å²) in [6.45, 7) is -0.250. The van der Waals surface area contributed by atoms with Crippen molar-refractivity contribution >= 4 is 5.78 Å². The maximum atomic E-state index is 10.8. The molecule has 0 spiro atoms. The topological polar surface area (TPSA) is 57.5 Å². The molecule has 0 aromatic heterocycles. The lowest BCUT2D eigenvalue weighted by atomic mass is 10.00. The number of aliphatic hydroxyl groups is 2. The van der Waals surface area contributed by atoms with Crippen LogP contribution in [0.2, 0.25) is 0 Å². The number of rotatable bonds is 1. The molecule has 0 aromatic rings. The van der Waals surface area contributed by atoms with Gasteiger partial charge in [-0.05, 0) is 25.2 Å². The first-order chi connectivity index (χ1) is 5.77. The van der Waals surface area contributed by atoms with Crippen molar-refractivity contribution in [3.63, 3.8) is 0 Å². The second kappa shape index (κ2) is 4.58. The van der Waals surface area contributed by atoms with Crippen molar-refractivity contribution in [2.75, 3.05) is 13.2 Å². The van der Waals surface area contributed by atoms with E-state index in [1.165, 1.54) is 19.3 Å². The van der Waals surface area contributed by atoms with Crippen molar-refractivity contribution in [2.45, 2.75) is 25.7 Å². The van der Waals surface area contributed by atoms with Crippen LogP contribution < -0.4 is 0 Å². The summed E-state index contributed by atoms with van der Waals surface area (Å²) in [5, 5.41) is 15.2. The highest BCUT2D eigenvalue weighted by Crippen LogP contribution is 2.41. The van der Waals surface area contributed by atoms with Crippen LogP contribution in [0.4, 0.5) is 0 Å². The summed E-state index contributed by atoms with van der Waals surface area (Å²) in [7, 11) is 0. The fraction of sp³-hybridized carbons (Fsp3) is 0.889. The Balaban J connectivity index is 0.000000157. The molecule has 3 nitrogen and oxygen atoms in total. The van der Waals surface area contributed by atoms with Crippen LogP contribution in [-0.2, 0) is 4.79 Å². The van der Waals surface area contributed by atoms with Crippen LogP contribution in [0.15, 0.2) is 0 Å². The summed E-state index contributed by atoms with van der Waals surface area (Å²) in [6, 6.07) is 0. The number of ketones is 1. The minimum absolute atomic E-state index is 0.125. The van der Waals surface area contributed by atoms with E-state index in [-0.39, 0.29) is 13.2 Å². The zero-order valence-electron chi connectivity index (χ0n) is 7.20. The van der Waals surface area contributed by atoms with Crippen molar-refractivity contribution in [1.82, 2.24) is 0 Å². The van der Waals surface area contributed by atoms with Crippen LogP contribution >= 0.6 is 0 Å². The first kappa shape index (κ1) is 9.68. The second-order valence-electron chi connectivity index (χ2n) is 3.49. The molecule has 0 aromatic carbocycles. The Bertz CT molecular complexity index is 154. The van der Waals surface area contributed by atoms with E-state index in [9.17, 15) is 4.79 Å². The standard InChI is InChI=1S/C7H10O.C2H6O2/c8-7-4-5-1-2-6(7)3-5;3-1-2-4/h5-6H,1-4H2;3-4H,1-2H2. The summed E-state index contributed by atoms with van der Waals surface area (Å²) in [4.78, 5) is 10.8. The highest BCUT2D eigenvalue weighted by molar-refractivity contribution is 5.84. The van der Waals surface area contributed by atoms with Gasteiger partial charge in [0.1, 0.15) is 5.78 Å². The van der Waals surface area contributed by atoms with Gasteiger partial charge in [0.15, 0.2) is 0 Å². The van der Waals surface area contributed by atoms with E-state index in [2.05, 4.69) is 0 Å². The smallest absolute Gasteiger partial charge is 0.136 e. The van der Waals surface area contributed by atoms with Crippen LogP contribution in [0.5, 0.6) is 0 Å². The van der Waals surface area contributed by atoms with E-state index in [1.54, 1.807) is 0 Å². The average molecular weight is 172 g/mol. The number of hydrogen-bond acceptors (Lipinski definition) is 3. The molecule has 3 heteroatoms. The van der Waals surface area contributed by atoms with E-state index < -0.39 is 0 Å². The second-order valence-corrected chi connectivity index (χ2v) is 3.49. The van der Waals surface area contributed by atoms with Crippen LogP contribution in [0.3, 0.4) is 0 Å². The maximum Gasteiger partial charge on any atom is 0.136 e. The third-order valence-electron chi connectivity index (χ3n) is 2.59. The van der Waals surface area contributed by atoms with E-state index in [1.807, 2.05) is 0 Å². The molecule has 2 aliphatic rings. The molecule has 0 heterocycles. The van der Waals surface area contributed by atoms with Crippen molar-refractivity contribution in [3.05, 3.63) is 0 Å². The highest BCUT2D eigenvalue weighted by Gasteiger charge is 2.37. The summed E-state index contributed by atoms with van der Waals surface area (Å²) in [5.74, 6) is 1.84. The molecule has 70 valence electrons. The van der Waals surface area contributed by atoms with Crippen molar-refractivity contribution in [1.29, 1.82) is 0 Å². The number of carbonyl (C=O) groups excluding carboxylic acids is 1. The number of fused-ring (bicyclic) bond motifs is 2. The molecule has 2 N–H and O–H groups in total. The van der Waals surface area contributed by atoms with E-state index >= 15 is 0 Å². The lowest BCUT2D eigenvalue weighted by molar-refractivity contribution is -0.121. The van der Waals surface area contributed by atoms with Gasteiger partial charge in [-0.2, -0.15) is 0 Å². The predicted octanol–water partition coefficient (Wildman–Crippen LogP) is 0.347. The molecule has 2 fully saturated rings. The average Bonchev–Trinajstić information content (AvgIpc) is 2.65. The SMILES string of the molecule is O=C1CC2CCC1C2.OCCO. The first-order valence-corrected chi connectivity index (χ1v) is 4.52. The lowest BCUT2D eigenvalue weighted by Crippen LogP contribution is -2.07. The van der Waals surface area contributed by atoms with Gasteiger partial charge in [0.2, 0.25) is 0 Å². The Kier molecular flexibility index (Phi) is 3.69. The maximum absolute atomic E-state index is 10.8. The van der Waals surface area contributed by atoms with Crippen molar-refractivity contribution in [2.24, 2.45) is 11.8 Å². The number of aliphatic hydroxyl groups excluding tert-OH is 2. The van der Waals surface area contributed by atoms with Gasteiger partial charge >= 0.3 is 0 Å². The third-order valence-corrected chi connectivity index (χ3v) is 2.59. The van der Waals surface area contributed by atoms with Crippen LogP contribution in [0, 0.1) is 11.8 Å². The van der Waals surface area contributed by atoms with Gasteiger partial charge in [0.05, 0.1) is 13.2 Å². The molecule has 2 atom stereocenters. The van der Waals surface area contributed by atoms with Crippen molar-refractivity contribution in [3.8, 4) is 0 Å². The fourth-order valence-electron chi connectivity index (χ4n) is 2.00. The van der Waals surface area contributed by atoms with Gasteiger partial charge in [-0.15, -0.1) is 0 Å². The van der Waals surface area contributed by atoms with E-state index in [0.29, 0.717) is 11.7 Å². The molecule has 2 bridgehead atoms. The molecular weight excluding hydrogens is 156 g/mol. The Morgan fingerprint density at radius 2 is 1.92 bits per heavy atom. The molecule has 2 rings (SSSR count). The lowest BCUT2D eigenvalue weighted by Gasteiger charge is -2.04. The molecule has 2 unspecified atom stereocenters. The fourth-order valence-corrected chi connectivity index (χ4v) is 2.00. The van der Waals surface area contributed by atoms with Gasteiger partial charge in [0, 0.05) is 12.3 Å². The van der Waals surface area contributed by atoms with Crippen LogP contribution in [-0.4, -0.2) is 29.2 Å². The highest BCUT2D eigenvalue weighted by atomic mass is 16.3. The van der Waals surface area contributed by atoms with E-state index in [0.717, 1.165) is 12.3 Å². The first-order valence-electron chi connectivity index (χ1n) is 4.52. The molecular formula is C9H16O3. The van der Waals surface area contributed by atoms with Crippen molar-refractivity contribution < 1.29 is 15.0 Å². The third kappa shape index (κ3) is 2.29. The summed E-state index contributed by atoms with van der Waals surface area (Å²) >= 11 is 0. The zero-order chi connectivity index (χ0) is 8.97. The molecule has 0 amide bonds. The van der Waals surface area contributed by atoms with Gasteiger partial charge < -0.3 is 10.2 Å². The normalized spacial score (nSPS) is 31.7. The molecule has 12 heavy (non-hydrogen) atoms.